The Labute approximate surface area is 87.3 Å². The van der Waals surface area contributed by atoms with Crippen molar-refractivity contribution in [1.82, 2.24) is 0 Å². The predicted molar refractivity (Wildman–Crippen MR) is 57.1 cm³/mol. The second kappa shape index (κ2) is 3.96. The van der Waals surface area contributed by atoms with Crippen molar-refractivity contribution in [2.24, 2.45) is 11.7 Å². The molecule has 0 amide bonds. The van der Waals surface area contributed by atoms with E-state index in [-0.39, 0.29) is 12.5 Å². The molecule has 74 valence electrons. The maximum atomic E-state index is 10.2. The summed E-state index contributed by atoms with van der Waals surface area (Å²) in [6.07, 6.45) is 0. The minimum absolute atomic E-state index is 0.0636. The minimum Gasteiger partial charge on any atom is -0.383 e. The summed E-state index contributed by atoms with van der Waals surface area (Å²) in [6.45, 7) is 4.07. The van der Waals surface area contributed by atoms with Gasteiger partial charge < -0.3 is 10.8 Å². The molecule has 0 fully saturated rings. The monoisotopic (exact) mass is 219 g/mol. The fraction of sp³-hybridized carbons (Fsp3) is 0.556. The lowest BCUT2D eigenvalue weighted by Gasteiger charge is -2.30. The van der Waals surface area contributed by atoms with E-state index >= 15 is 0 Å². The molecule has 0 aliphatic carbocycles. The quantitative estimate of drug-likeness (QED) is 0.819. The van der Waals surface area contributed by atoms with Crippen LogP contribution in [0.4, 0.5) is 0 Å². The number of thiophene rings is 1. The standard InChI is InChI=1S/C9H14ClNOS/c1-6(2)9(12,5-11)8-7(10)3-4-13-8/h3-4,6,12H,5,11H2,1-2H3. The smallest absolute Gasteiger partial charge is 0.115 e. The summed E-state index contributed by atoms with van der Waals surface area (Å²) in [5.74, 6) is 0.0636. The van der Waals surface area contributed by atoms with Gasteiger partial charge in [-0.15, -0.1) is 11.3 Å². The minimum atomic E-state index is -0.981. The summed E-state index contributed by atoms with van der Waals surface area (Å²) in [5, 5.41) is 12.7. The lowest BCUT2D eigenvalue weighted by atomic mass is 9.89. The van der Waals surface area contributed by atoms with Crippen molar-refractivity contribution in [3.8, 4) is 0 Å². The Bertz CT molecular complexity index is 287. The van der Waals surface area contributed by atoms with E-state index in [1.54, 1.807) is 6.07 Å². The Hall–Kier alpha value is -0.0900. The van der Waals surface area contributed by atoms with E-state index in [4.69, 9.17) is 17.3 Å². The summed E-state index contributed by atoms with van der Waals surface area (Å²) in [4.78, 5) is 0.770. The molecule has 1 atom stereocenters. The molecule has 0 aliphatic heterocycles. The Morgan fingerprint density at radius 3 is 2.62 bits per heavy atom. The first-order chi connectivity index (χ1) is 6.02. The van der Waals surface area contributed by atoms with Crippen LogP contribution in [0, 0.1) is 5.92 Å². The second-order valence-electron chi connectivity index (χ2n) is 3.38. The topological polar surface area (TPSA) is 46.2 Å². The highest BCUT2D eigenvalue weighted by Gasteiger charge is 2.34. The maximum absolute atomic E-state index is 10.2. The zero-order valence-electron chi connectivity index (χ0n) is 7.75. The Kier molecular flexibility index (Phi) is 3.35. The van der Waals surface area contributed by atoms with Gasteiger partial charge in [-0.2, -0.15) is 0 Å². The van der Waals surface area contributed by atoms with E-state index in [0.29, 0.717) is 5.02 Å². The zero-order valence-corrected chi connectivity index (χ0v) is 9.32. The fourth-order valence-electron chi connectivity index (χ4n) is 1.19. The van der Waals surface area contributed by atoms with Crippen LogP contribution in [-0.4, -0.2) is 11.7 Å². The summed E-state index contributed by atoms with van der Waals surface area (Å²) in [6, 6.07) is 1.78. The van der Waals surface area contributed by atoms with Crippen LogP contribution in [0.15, 0.2) is 11.4 Å². The average Bonchev–Trinajstić information content (AvgIpc) is 2.50. The molecule has 0 saturated heterocycles. The maximum Gasteiger partial charge on any atom is 0.115 e. The number of aliphatic hydroxyl groups is 1. The molecule has 4 heteroatoms. The molecular weight excluding hydrogens is 206 g/mol. The highest BCUT2D eigenvalue weighted by molar-refractivity contribution is 7.10. The van der Waals surface area contributed by atoms with Gasteiger partial charge in [0.2, 0.25) is 0 Å². The third kappa shape index (κ3) is 1.89. The molecule has 3 N–H and O–H groups in total. The highest BCUT2D eigenvalue weighted by atomic mass is 35.5. The van der Waals surface area contributed by atoms with Gasteiger partial charge in [0.1, 0.15) is 5.60 Å². The first-order valence-corrected chi connectivity index (χ1v) is 5.44. The first kappa shape index (κ1) is 11.0. The molecule has 1 heterocycles. The van der Waals surface area contributed by atoms with Crippen molar-refractivity contribution in [1.29, 1.82) is 0 Å². The summed E-state index contributed by atoms with van der Waals surface area (Å²) in [7, 11) is 0. The van der Waals surface area contributed by atoms with Crippen LogP contribution < -0.4 is 5.73 Å². The highest BCUT2D eigenvalue weighted by Crippen LogP contribution is 2.37. The van der Waals surface area contributed by atoms with Gasteiger partial charge in [0.25, 0.3) is 0 Å². The molecule has 0 aliphatic rings. The van der Waals surface area contributed by atoms with Gasteiger partial charge in [0, 0.05) is 6.54 Å². The molecule has 1 unspecified atom stereocenters. The first-order valence-electron chi connectivity index (χ1n) is 4.18. The van der Waals surface area contributed by atoms with Crippen LogP contribution in [0.25, 0.3) is 0 Å². The van der Waals surface area contributed by atoms with Crippen molar-refractivity contribution in [2.75, 3.05) is 6.54 Å². The third-order valence-corrected chi connectivity index (χ3v) is 3.78. The number of nitrogens with two attached hydrogens (primary N) is 1. The second-order valence-corrected chi connectivity index (χ2v) is 4.70. The van der Waals surface area contributed by atoms with E-state index in [0.717, 1.165) is 4.88 Å². The van der Waals surface area contributed by atoms with Crippen molar-refractivity contribution < 1.29 is 5.11 Å². The molecule has 0 aromatic carbocycles. The van der Waals surface area contributed by atoms with E-state index < -0.39 is 5.60 Å². The molecule has 0 spiro atoms. The van der Waals surface area contributed by atoms with Crippen molar-refractivity contribution in [3.05, 3.63) is 21.3 Å². The lowest BCUT2D eigenvalue weighted by molar-refractivity contribution is 0.00248. The largest absolute Gasteiger partial charge is 0.383 e. The van der Waals surface area contributed by atoms with Gasteiger partial charge in [0.05, 0.1) is 9.90 Å². The van der Waals surface area contributed by atoms with Crippen LogP contribution in [0.5, 0.6) is 0 Å². The number of hydrogen-bond acceptors (Lipinski definition) is 3. The molecule has 0 saturated carbocycles. The van der Waals surface area contributed by atoms with Crippen molar-refractivity contribution in [3.63, 3.8) is 0 Å². The molecule has 1 aromatic rings. The SMILES string of the molecule is CC(C)C(O)(CN)c1sccc1Cl. The van der Waals surface area contributed by atoms with Gasteiger partial charge in [-0.3, -0.25) is 0 Å². The average molecular weight is 220 g/mol. The third-order valence-electron chi connectivity index (χ3n) is 2.28. The van der Waals surface area contributed by atoms with Gasteiger partial charge in [-0.1, -0.05) is 25.4 Å². The summed E-state index contributed by atoms with van der Waals surface area (Å²) in [5.41, 5.74) is 4.59. The van der Waals surface area contributed by atoms with Crippen LogP contribution in [0.2, 0.25) is 5.02 Å². The van der Waals surface area contributed by atoms with E-state index in [1.165, 1.54) is 11.3 Å². The number of halogens is 1. The van der Waals surface area contributed by atoms with Gasteiger partial charge >= 0.3 is 0 Å². The van der Waals surface area contributed by atoms with Crippen LogP contribution in [0.1, 0.15) is 18.7 Å². The van der Waals surface area contributed by atoms with E-state index in [9.17, 15) is 5.11 Å². The molecule has 0 radical (unpaired) electrons. The van der Waals surface area contributed by atoms with Crippen LogP contribution in [-0.2, 0) is 5.60 Å². The molecule has 1 rings (SSSR count). The molecule has 1 aromatic heterocycles. The summed E-state index contributed by atoms with van der Waals surface area (Å²) >= 11 is 7.39. The van der Waals surface area contributed by atoms with Crippen LogP contribution in [0.3, 0.4) is 0 Å². The molecule has 0 bridgehead atoms. The van der Waals surface area contributed by atoms with E-state index in [2.05, 4.69) is 0 Å². The fourth-order valence-corrected chi connectivity index (χ4v) is 2.67. The zero-order chi connectivity index (χ0) is 10.1. The van der Waals surface area contributed by atoms with Gasteiger partial charge in [-0.05, 0) is 17.4 Å². The Morgan fingerprint density at radius 2 is 2.31 bits per heavy atom. The van der Waals surface area contributed by atoms with Gasteiger partial charge in [0.15, 0.2) is 0 Å². The van der Waals surface area contributed by atoms with Gasteiger partial charge in [-0.25, -0.2) is 0 Å². The molecule has 2 nitrogen and oxygen atoms in total. The number of hydrogen-bond donors (Lipinski definition) is 2. The summed E-state index contributed by atoms with van der Waals surface area (Å²) < 4.78 is 0. The Balaban J connectivity index is 3.10. The van der Waals surface area contributed by atoms with Crippen LogP contribution >= 0.6 is 22.9 Å². The predicted octanol–water partition coefficient (Wildman–Crippen LogP) is 2.20. The molecule has 13 heavy (non-hydrogen) atoms. The lowest BCUT2D eigenvalue weighted by Crippen LogP contribution is -2.39. The van der Waals surface area contributed by atoms with Crippen molar-refractivity contribution in [2.45, 2.75) is 19.4 Å². The number of rotatable bonds is 3. The van der Waals surface area contributed by atoms with Crippen molar-refractivity contribution >= 4 is 22.9 Å². The molecular formula is C9H14ClNOS. The normalized spacial score (nSPS) is 16.2. The van der Waals surface area contributed by atoms with E-state index in [1.807, 2.05) is 19.2 Å². The Morgan fingerprint density at radius 1 is 1.69 bits per heavy atom.